The third-order valence-corrected chi connectivity index (χ3v) is 16.4. The quantitative estimate of drug-likeness (QED) is 0.0735. The third kappa shape index (κ3) is 9.69. The van der Waals surface area contributed by atoms with Crippen LogP contribution in [0.3, 0.4) is 0 Å². The van der Waals surface area contributed by atoms with Crippen LogP contribution in [0, 0.1) is 0 Å². The maximum atomic E-state index is 13.0. The van der Waals surface area contributed by atoms with E-state index in [9.17, 15) is 48.8 Å². The van der Waals surface area contributed by atoms with Crippen LogP contribution in [0.4, 0.5) is 11.4 Å². The van der Waals surface area contributed by atoms with Crippen molar-refractivity contribution in [3.8, 4) is 5.75 Å². The Balaban J connectivity index is 1.23. The number of aryl methyl sites for hydroxylation is 1. The van der Waals surface area contributed by atoms with Gasteiger partial charge >= 0.3 is 5.97 Å². The molecule has 8 rings (SSSR count). The molecule has 0 fully saturated rings. The minimum absolute atomic E-state index is 0.105. The number of hydrogen-bond donors (Lipinski definition) is 4. The van der Waals surface area contributed by atoms with Crippen molar-refractivity contribution in [3.05, 3.63) is 141 Å². The fraction of sp³-hybridized carbons (Fsp3) is 0.408. The fourth-order valence-electron chi connectivity index (χ4n) is 10.7. The average Bonchev–Trinajstić information content (AvgIpc) is 3.78. The van der Waals surface area contributed by atoms with Gasteiger partial charge in [0.05, 0.1) is 17.1 Å². The van der Waals surface area contributed by atoms with Gasteiger partial charge in [0.15, 0.2) is 0 Å². The smallest absolute Gasteiger partial charge is 0.335 e. The van der Waals surface area contributed by atoms with Crippen LogP contribution in [0.5, 0.6) is 5.75 Å². The van der Waals surface area contributed by atoms with Crippen LogP contribution < -0.4 is 14.5 Å². The number of aromatic carboxylic acids is 1. The number of unbranched alkanes of at least 4 members (excludes halogenated alkanes) is 2. The van der Waals surface area contributed by atoms with E-state index in [4.69, 9.17) is 4.74 Å². The molecule has 0 bridgehead atoms. The molecule has 3 aromatic rings. The van der Waals surface area contributed by atoms with E-state index in [1.807, 2.05) is 19.1 Å². The summed E-state index contributed by atoms with van der Waals surface area (Å²) in [6, 6.07) is 15.7. The average molecular weight is 961 g/mol. The molecule has 0 aromatic heterocycles. The number of nitrogens with zero attached hydrogens (tertiary/aromatic N) is 2. The maximum Gasteiger partial charge on any atom is 0.335 e. The Kier molecular flexibility index (Phi) is 13.1. The first kappa shape index (κ1) is 47.5. The number of carboxylic acids is 1. The molecule has 0 saturated heterocycles. The van der Waals surface area contributed by atoms with Gasteiger partial charge in [0.2, 0.25) is 0 Å². The monoisotopic (exact) mass is 960 g/mol. The summed E-state index contributed by atoms with van der Waals surface area (Å²) in [5.74, 6) is -0.826. The molecule has 2 atom stereocenters. The van der Waals surface area contributed by atoms with Crippen LogP contribution in [0.15, 0.2) is 118 Å². The van der Waals surface area contributed by atoms with Gasteiger partial charge in [-0.1, -0.05) is 62.3 Å². The normalized spacial score (nSPS) is 22.9. The van der Waals surface area contributed by atoms with Gasteiger partial charge in [-0.2, -0.15) is 25.3 Å². The Morgan fingerprint density at radius 2 is 1.41 bits per heavy atom. The first-order chi connectivity index (χ1) is 31.2. The van der Waals surface area contributed by atoms with Gasteiger partial charge in [-0.05, 0) is 141 Å². The highest BCUT2D eigenvalue weighted by Gasteiger charge is 2.48. The highest BCUT2D eigenvalue weighted by Crippen LogP contribution is 2.56. The summed E-state index contributed by atoms with van der Waals surface area (Å²) in [4.78, 5) is 15.9. The number of ether oxygens (including phenoxy) is 1. The van der Waals surface area contributed by atoms with Crippen LogP contribution in [-0.2, 0) is 54.0 Å². The van der Waals surface area contributed by atoms with Crippen molar-refractivity contribution >= 4 is 47.7 Å². The van der Waals surface area contributed by atoms with Gasteiger partial charge in [-0.15, -0.1) is 0 Å². The largest absolute Gasteiger partial charge is 0.478 e. The van der Waals surface area contributed by atoms with E-state index < -0.39 is 52.9 Å². The van der Waals surface area contributed by atoms with E-state index in [1.54, 1.807) is 18.2 Å². The number of carbonyl (C=O) groups is 1. The molecule has 66 heavy (non-hydrogen) atoms. The van der Waals surface area contributed by atoms with Crippen molar-refractivity contribution in [2.24, 2.45) is 0 Å². The second-order valence-corrected chi connectivity index (χ2v) is 22.9. The molecule has 0 saturated carbocycles. The summed E-state index contributed by atoms with van der Waals surface area (Å²) in [5.41, 5.74) is 7.89. The van der Waals surface area contributed by atoms with E-state index in [1.165, 1.54) is 29.4 Å². The number of carboxylic acid groups (broad SMARTS) is 1. The summed E-state index contributed by atoms with van der Waals surface area (Å²) < 4.78 is 109. The molecule has 1 aliphatic carbocycles. The standard InChI is InChI=1S/C49H56N2O12S3/c1-48(26-3-5-30-64(54,55)56)38(32-50-29-25-34-10-8-14-40(48)44(34)50)20-15-35-11-7-12-36(46(35)63-39-21-16-37(17-22-39)47(52)53)19-24-42-49(2,27-4-6-31-65(57,58)59)43-41(66(60,61)62)23-18-33-13-9-28-51(42)45(33)43/h8,10,14-24,32H,3-7,9,11-13,25-31H2,1-2H3,(H,52,53)(H,54,55,56)(H,57,58,59)(H,60,61,62)/b20-15-,36-19+,42-24+. The molecule has 0 spiro atoms. The Morgan fingerprint density at radius 1 is 0.727 bits per heavy atom. The fourth-order valence-corrected chi connectivity index (χ4v) is 12.6. The molecule has 4 heterocycles. The summed E-state index contributed by atoms with van der Waals surface area (Å²) in [5, 5.41) is 9.62. The number of benzene rings is 3. The number of rotatable bonds is 17. The van der Waals surface area contributed by atoms with E-state index in [2.05, 4.69) is 53.3 Å². The molecular formula is C49H56N2O12S3. The molecule has 0 amide bonds. The van der Waals surface area contributed by atoms with E-state index in [-0.39, 0.29) is 22.6 Å². The molecule has 14 nitrogen and oxygen atoms in total. The first-order valence-corrected chi connectivity index (χ1v) is 27.1. The van der Waals surface area contributed by atoms with Crippen LogP contribution in [-0.4, -0.2) is 74.6 Å². The van der Waals surface area contributed by atoms with Gasteiger partial charge in [0.25, 0.3) is 30.4 Å². The lowest BCUT2D eigenvalue weighted by molar-refractivity contribution is 0.0696. The molecule has 2 unspecified atom stereocenters. The van der Waals surface area contributed by atoms with Crippen molar-refractivity contribution in [1.29, 1.82) is 0 Å². The number of hydrogen-bond acceptors (Lipinski definition) is 10. The Hall–Kier alpha value is -5.04. The van der Waals surface area contributed by atoms with Gasteiger partial charge in [-0.25, -0.2) is 4.79 Å². The molecule has 352 valence electrons. The summed E-state index contributed by atoms with van der Waals surface area (Å²) >= 11 is 0. The molecule has 0 radical (unpaired) electrons. The number of allylic oxidation sites excluding steroid dienone is 8. The van der Waals surface area contributed by atoms with Crippen molar-refractivity contribution in [1.82, 2.24) is 0 Å². The molecule has 4 aliphatic heterocycles. The molecular weight excluding hydrogens is 905 g/mol. The van der Waals surface area contributed by atoms with E-state index in [0.29, 0.717) is 75.0 Å². The topological polar surface area (TPSA) is 216 Å². The minimum Gasteiger partial charge on any atom is -0.478 e. The molecule has 5 aliphatic rings. The molecule has 3 aromatic carbocycles. The van der Waals surface area contributed by atoms with Gasteiger partial charge in [-0.3, -0.25) is 13.7 Å². The predicted octanol–water partition coefficient (Wildman–Crippen LogP) is 8.87. The summed E-state index contributed by atoms with van der Waals surface area (Å²) in [7, 11) is -13.0. The zero-order valence-corrected chi connectivity index (χ0v) is 39.5. The number of para-hydroxylation sites is 1. The second kappa shape index (κ2) is 18.2. The van der Waals surface area contributed by atoms with Gasteiger partial charge < -0.3 is 19.6 Å². The van der Waals surface area contributed by atoms with E-state index >= 15 is 0 Å². The highest BCUT2D eigenvalue weighted by molar-refractivity contribution is 7.86. The second-order valence-electron chi connectivity index (χ2n) is 18.4. The minimum atomic E-state index is -4.67. The molecule has 17 heteroatoms. The zero-order valence-electron chi connectivity index (χ0n) is 37.1. The van der Waals surface area contributed by atoms with Crippen LogP contribution in [0.25, 0.3) is 0 Å². The van der Waals surface area contributed by atoms with Gasteiger partial charge in [0.1, 0.15) is 16.4 Å². The Bertz CT molecular complexity index is 2950. The van der Waals surface area contributed by atoms with Gasteiger partial charge in [0, 0.05) is 52.8 Å². The molecule has 4 N–H and O–H groups in total. The first-order valence-electron chi connectivity index (χ1n) is 22.4. The lowest BCUT2D eigenvalue weighted by Crippen LogP contribution is -2.33. The van der Waals surface area contributed by atoms with Crippen molar-refractivity contribution in [2.45, 2.75) is 107 Å². The van der Waals surface area contributed by atoms with Crippen molar-refractivity contribution in [3.63, 3.8) is 0 Å². The lowest BCUT2D eigenvalue weighted by atomic mass is 9.69. The lowest BCUT2D eigenvalue weighted by Gasteiger charge is -2.40. The SMILES string of the molecule is CC1(CCCCS(=O)(=O)O)C(/C=C\C2=C(Oc3ccc(C(=O)O)cc3)C(=C/C=C3/N4CCCc5ccc(S(=O)(=O)O)c(c54)C3(C)CCCCS(=O)(=O)O)/CCC2)=CN2CCc3cccc1c32. The third-order valence-electron chi connectivity index (χ3n) is 13.9. The highest BCUT2D eigenvalue weighted by atomic mass is 32.2. The summed E-state index contributed by atoms with van der Waals surface area (Å²) in [6.45, 7) is 5.49. The number of anilines is 2. The predicted molar refractivity (Wildman–Crippen MR) is 253 cm³/mol. The van der Waals surface area contributed by atoms with Crippen LogP contribution in [0.2, 0.25) is 0 Å². The summed E-state index contributed by atoms with van der Waals surface area (Å²) in [6.07, 6.45) is 17.0. The zero-order chi connectivity index (χ0) is 47.2. The van der Waals surface area contributed by atoms with Crippen LogP contribution in [0.1, 0.15) is 111 Å². The van der Waals surface area contributed by atoms with E-state index in [0.717, 1.165) is 65.0 Å². The maximum absolute atomic E-state index is 13.0. The van der Waals surface area contributed by atoms with Crippen molar-refractivity contribution in [2.75, 3.05) is 34.4 Å². The Labute approximate surface area is 387 Å². The van der Waals surface area contributed by atoms with Crippen LogP contribution >= 0.6 is 0 Å². The Morgan fingerprint density at radius 3 is 2.08 bits per heavy atom. The van der Waals surface area contributed by atoms with Crippen molar-refractivity contribution < 1.29 is 53.5 Å².